The summed E-state index contributed by atoms with van der Waals surface area (Å²) in [6.45, 7) is 4.47. The van der Waals surface area contributed by atoms with Gasteiger partial charge in [0.05, 0.1) is 6.61 Å². The van der Waals surface area contributed by atoms with Crippen molar-refractivity contribution >= 4 is 17.5 Å². The van der Waals surface area contributed by atoms with Crippen molar-refractivity contribution in [2.24, 2.45) is 0 Å². The average molecular weight is 409 g/mol. The van der Waals surface area contributed by atoms with Gasteiger partial charge in [-0.3, -0.25) is 9.59 Å². The summed E-state index contributed by atoms with van der Waals surface area (Å²) < 4.78 is 5.70. The molecule has 0 aromatic heterocycles. The number of nitrogens with one attached hydrogen (secondary N) is 1. The van der Waals surface area contributed by atoms with Crippen molar-refractivity contribution in [2.45, 2.75) is 51.9 Å². The average Bonchev–Trinajstić information content (AvgIpc) is 3.06. The van der Waals surface area contributed by atoms with E-state index in [0.717, 1.165) is 50.9 Å². The lowest BCUT2D eigenvalue weighted by atomic mass is 10.1. The number of unbranched alkanes of at least 4 members (excludes halogenated alkanes) is 2. The number of amides is 2. The molecule has 0 saturated carbocycles. The minimum Gasteiger partial charge on any atom is -0.494 e. The quantitative estimate of drug-likeness (QED) is 0.585. The Bertz CT molecular complexity index is 825. The van der Waals surface area contributed by atoms with E-state index >= 15 is 0 Å². The summed E-state index contributed by atoms with van der Waals surface area (Å²) in [6, 6.07) is 14.4. The Hall–Kier alpha value is -2.82. The summed E-state index contributed by atoms with van der Waals surface area (Å²) >= 11 is 0. The number of hydrogen-bond donors (Lipinski definition) is 1. The van der Waals surface area contributed by atoms with Gasteiger partial charge >= 0.3 is 0 Å². The Morgan fingerprint density at radius 3 is 2.37 bits per heavy atom. The van der Waals surface area contributed by atoms with Crippen LogP contribution in [0, 0.1) is 0 Å². The van der Waals surface area contributed by atoms with Gasteiger partial charge in [0, 0.05) is 29.9 Å². The molecule has 1 aliphatic heterocycles. The van der Waals surface area contributed by atoms with E-state index < -0.39 is 0 Å². The summed E-state index contributed by atoms with van der Waals surface area (Å²) in [5.74, 6) is 0.608. The fraction of sp³-hybridized carbons (Fsp3) is 0.440. The first-order valence-corrected chi connectivity index (χ1v) is 11.1. The fourth-order valence-electron chi connectivity index (χ4n) is 3.63. The Labute approximate surface area is 179 Å². The van der Waals surface area contributed by atoms with Crippen molar-refractivity contribution in [2.75, 3.05) is 25.0 Å². The first-order valence-electron chi connectivity index (χ1n) is 11.1. The number of rotatable bonds is 8. The lowest BCUT2D eigenvalue weighted by Gasteiger charge is -2.20. The predicted molar refractivity (Wildman–Crippen MR) is 120 cm³/mol. The zero-order valence-corrected chi connectivity index (χ0v) is 17.9. The van der Waals surface area contributed by atoms with E-state index in [2.05, 4.69) is 12.2 Å². The maximum atomic E-state index is 12.8. The molecular weight excluding hydrogens is 376 g/mol. The second-order valence-electron chi connectivity index (χ2n) is 7.82. The van der Waals surface area contributed by atoms with Crippen LogP contribution in [0.25, 0.3) is 0 Å². The largest absolute Gasteiger partial charge is 0.494 e. The van der Waals surface area contributed by atoms with Crippen LogP contribution >= 0.6 is 0 Å². The molecule has 0 atom stereocenters. The molecule has 5 nitrogen and oxygen atoms in total. The molecule has 2 aromatic carbocycles. The van der Waals surface area contributed by atoms with Gasteiger partial charge in [-0.2, -0.15) is 0 Å². The maximum absolute atomic E-state index is 12.8. The second kappa shape index (κ2) is 11.4. The van der Waals surface area contributed by atoms with Gasteiger partial charge in [-0.15, -0.1) is 0 Å². The lowest BCUT2D eigenvalue weighted by molar-refractivity contribution is 0.0761. The molecule has 30 heavy (non-hydrogen) atoms. The van der Waals surface area contributed by atoms with E-state index in [-0.39, 0.29) is 11.8 Å². The third kappa shape index (κ3) is 6.34. The molecule has 2 aromatic rings. The number of ether oxygens (including phenoxy) is 1. The SMILES string of the molecule is CCCCCOc1ccc(C(=O)Nc2cccc(C(=O)N3CCCCCC3)c2)cc1. The van der Waals surface area contributed by atoms with Crippen LogP contribution in [0.2, 0.25) is 0 Å². The van der Waals surface area contributed by atoms with E-state index in [4.69, 9.17) is 4.74 Å². The number of hydrogen-bond acceptors (Lipinski definition) is 3. The van der Waals surface area contributed by atoms with Crippen LogP contribution in [0.1, 0.15) is 72.6 Å². The maximum Gasteiger partial charge on any atom is 0.255 e. The van der Waals surface area contributed by atoms with Gasteiger partial charge in [0.2, 0.25) is 0 Å². The second-order valence-corrected chi connectivity index (χ2v) is 7.82. The summed E-state index contributed by atoms with van der Waals surface area (Å²) in [6.07, 6.45) is 7.82. The molecule has 1 N–H and O–H groups in total. The van der Waals surface area contributed by atoms with Gasteiger partial charge in [0.25, 0.3) is 11.8 Å². The molecule has 3 rings (SSSR count). The molecule has 160 valence electrons. The molecule has 0 radical (unpaired) electrons. The highest BCUT2D eigenvalue weighted by molar-refractivity contribution is 6.05. The molecule has 0 spiro atoms. The van der Waals surface area contributed by atoms with Crippen molar-refractivity contribution < 1.29 is 14.3 Å². The van der Waals surface area contributed by atoms with Crippen LogP contribution in [0.15, 0.2) is 48.5 Å². The molecule has 0 unspecified atom stereocenters. The summed E-state index contributed by atoms with van der Waals surface area (Å²) in [5.41, 5.74) is 1.80. The number of carbonyl (C=O) groups excluding carboxylic acids is 2. The molecule has 1 saturated heterocycles. The van der Waals surface area contributed by atoms with Gasteiger partial charge in [0.1, 0.15) is 5.75 Å². The summed E-state index contributed by atoms with van der Waals surface area (Å²) in [7, 11) is 0. The van der Waals surface area contributed by atoms with Gasteiger partial charge in [-0.1, -0.05) is 38.7 Å². The highest BCUT2D eigenvalue weighted by Gasteiger charge is 2.18. The van der Waals surface area contributed by atoms with Crippen LogP contribution in [0.4, 0.5) is 5.69 Å². The minimum absolute atomic E-state index is 0.0394. The third-order valence-electron chi connectivity index (χ3n) is 5.39. The van der Waals surface area contributed by atoms with Gasteiger partial charge in [-0.05, 0) is 61.7 Å². The number of carbonyl (C=O) groups is 2. The van der Waals surface area contributed by atoms with E-state index in [1.807, 2.05) is 35.2 Å². The molecule has 5 heteroatoms. The first kappa shape index (κ1) is 21.9. The topological polar surface area (TPSA) is 58.6 Å². The molecule has 0 bridgehead atoms. The number of likely N-dealkylation sites (tertiary alicyclic amines) is 1. The summed E-state index contributed by atoms with van der Waals surface area (Å²) in [4.78, 5) is 27.4. The monoisotopic (exact) mass is 408 g/mol. The Morgan fingerprint density at radius 1 is 0.933 bits per heavy atom. The van der Waals surface area contributed by atoms with Crippen LogP contribution in [0.5, 0.6) is 5.75 Å². The summed E-state index contributed by atoms with van der Waals surface area (Å²) in [5, 5.41) is 2.90. The van der Waals surface area contributed by atoms with Crippen LogP contribution in [-0.4, -0.2) is 36.4 Å². The zero-order chi connectivity index (χ0) is 21.2. The normalized spacial score (nSPS) is 14.1. The van der Waals surface area contributed by atoms with Crippen molar-refractivity contribution in [1.82, 2.24) is 4.90 Å². The van der Waals surface area contributed by atoms with Crippen LogP contribution in [-0.2, 0) is 0 Å². The van der Waals surface area contributed by atoms with Crippen molar-refractivity contribution in [3.05, 3.63) is 59.7 Å². The van der Waals surface area contributed by atoms with Gasteiger partial charge in [0.15, 0.2) is 0 Å². The van der Waals surface area contributed by atoms with Crippen molar-refractivity contribution in [1.29, 1.82) is 0 Å². The molecule has 1 fully saturated rings. The Kier molecular flexibility index (Phi) is 8.30. The number of nitrogens with zero attached hydrogens (tertiary/aromatic N) is 1. The smallest absolute Gasteiger partial charge is 0.255 e. The molecule has 2 amide bonds. The van der Waals surface area contributed by atoms with Crippen molar-refractivity contribution in [3.8, 4) is 5.75 Å². The van der Waals surface area contributed by atoms with E-state index in [0.29, 0.717) is 23.4 Å². The molecule has 1 aliphatic rings. The Morgan fingerprint density at radius 2 is 1.67 bits per heavy atom. The van der Waals surface area contributed by atoms with Crippen LogP contribution < -0.4 is 10.1 Å². The first-order chi connectivity index (χ1) is 14.7. The molecule has 1 heterocycles. The molecule has 0 aliphatic carbocycles. The van der Waals surface area contributed by atoms with E-state index in [1.165, 1.54) is 12.8 Å². The van der Waals surface area contributed by atoms with Crippen molar-refractivity contribution in [3.63, 3.8) is 0 Å². The van der Waals surface area contributed by atoms with E-state index in [1.54, 1.807) is 18.2 Å². The van der Waals surface area contributed by atoms with Gasteiger partial charge in [-0.25, -0.2) is 0 Å². The van der Waals surface area contributed by atoms with Crippen LogP contribution in [0.3, 0.4) is 0 Å². The van der Waals surface area contributed by atoms with Gasteiger partial charge < -0.3 is 15.0 Å². The molecular formula is C25H32N2O3. The third-order valence-corrected chi connectivity index (χ3v) is 5.39. The predicted octanol–water partition coefficient (Wildman–Crippen LogP) is 5.52. The minimum atomic E-state index is -0.202. The Balaban J connectivity index is 1.58. The fourth-order valence-corrected chi connectivity index (χ4v) is 3.63. The zero-order valence-electron chi connectivity index (χ0n) is 17.9. The van der Waals surface area contributed by atoms with E-state index in [9.17, 15) is 9.59 Å². The highest BCUT2D eigenvalue weighted by atomic mass is 16.5. The number of anilines is 1. The lowest BCUT2D eigenvalue weighted by Crippen LogP contribution is -2.31. The standard InChI is InChI=1S/C25H32N2O3/c1-2-3-8-18-30-23-14-12-20(13-15-23)24(28)26-22-11-9-10-21(19-22)25(29)27-16-6-4-5-7-17-27/h9-15,19H,2-8,16-18H2,1H3,(H,26,28). The number of benzene rings is 2. The highest BCUT2D eigenvalue weighted by Crippen LogP contribution is 2.18.